The van der Waals surface area contributed by atoms with E-state index >= 15 is 0 Å². The lowest BCUT2D eigenvalue weighted by molar-refractivity contribution is 0.0520. The van der Waals surface area contributed by atoms with Crippen molar-refractivity contribution in [3.05, 3.63) is 34.4 Å². The van der Waals surface area contributed by atoms with E-state index < -0.39 is 17.7 Å². The van der Waals surface area contributed by atoms with Crippen LogP contribution in [0, 0.1) is 6.92 Å². The molecule has 0 aliphatic rings. The highest BCUT2D eigenvalue weighted by atomic mass is 16.6. The van der Waals surface area contributed by atoms with Gasteiger partial charge in [0.1, 0.15) is 5.60 Å². The number of carbonyl (C=O) groups is 2. The molecule has 21 heavy (non-hydrogen) atoms. The standard InChI is InChI=1S/C15H22N2O4/c1-9-5-10(7-16)6-11(12(9)13(18)19)8-17-14(20)21-15(2,3)4/h5-6H,7-8,16H2,1-4H3,(H,17,20)(H,18,19). The third-order valence-electron chi connectivity index (χ3n) is 2.75. The Labute approximate surface area is 124 Å². The van der Waals surface area contributed by atoms with E-state index in [1.54, 1.807) is 39.8 Å². The number of carboxylic acid groups (broad SMARTS) is 1. The summed E-state index contributed by atoms with van der Waals surface area (Å²) >= 11 is 0. The number of hydrogen-bond donors (Lipinski definition) is 3. The molecule has 0 radical (unpaired) electrons. The van der Waals surface area contributed by atoms with E-state index in [0.717, 1.165) is 5.56 Å². The van der Waals surface area contributed by atoms with E-state index in [2.05, 4.69) is 5.32 Å². The highest BCUT2D eigenvalue weighted by Crippen LogP contribution is 2.18. The van der Waals surface area contributed by atoms with E-state index in [1.165, 1.54) is 0 Å². The van der Waals surface area contributed by atoms with Crippen molar-refractivity contribution in [2.24, 2.45) is 5.73 Å². The molecule has 0 saturated heterocycles. The van der Waals surface area contributed by atoms with Crippen molar-refractivity contribution in [3.63, 3.8) is 0 Å². The number of rotatable bonds is 4. The second kappa shape index (κ2) is 6.58. The number of carboxylic acids is 1. The van der Waals surface area contributed by atoms with E-state index in [9.17, 15) is 14.7 Å². The van der Waals surface area contributed by atoms with Crippen LogP contribution >= 0.6 is 0 Å². The Hall–Kier alpha value is -2.08. The Morgan fingerprint density at radius 3 is 2.43 bits per heavy atom. The summed E-state index contributed by atoms with van der Waals surface area (Å²) in [6, 6.07) is 3.42. The average Bonchev–Trinajstić information content (AvgIpc) is 2.32. The number of amides is 1. The number of hydrogen-bond acceptors (Lipinski definition) is 4. The highest BCUT2D eigenvalue weighted by molar-refractivity contribution is 5.91. The Morgan fingerprint density at radius 2 is 1.95 bits per heavy atom. The highest BCUT2D eigenvalue weighted by Gasteiger charge is 2.18. The Balaban J connectivity index is 2.94. The molecule has 1 aromatic carbocycles. The first kappa shape index (κ1) is 17.0. The van der Waals surface area contributed by atoms with Crippen LogP contribution < -0.4 is 11.1 Å². The molecule has 0 heterocycles. The molecular formula is C15H22N2O4. The summed E-state index contributed by atoms with van der Waals surface area (Å²) in [6.07, 6.45) is -0.588. The Kier molecular flexibility index (Phi) is 5.32. The van der Waals surface area contributed by atoms with Crippen molar-refractivity contribution in [2.45, 2.75) is 46.4 Å². The molecule has 6 nitrogen and oxygen atoms in total. The number of ether oxygens (including phenoxy) is 1. The van der Waals surface area contributed by atoms with Gasteiger partial charge in [0, 0.05) is 13.1 Å². The van der Waals surface area contributed by atoms with Crippen LogP contribution in [0.3, 0.4) is 0 Å². The zero-order chi connectivity index (χ0) is 16.2. The molecule has 0 aliphatic carbocycles. The lowest BCUT2D eigenvalue weighted by Gasteiger charge is -2.20. The molecule has 0 aromatic heterocycles. The third-order valence-corrected chi connectivity index (χ3v) is 2.75. The zero-order valence-electron chi connectivity index (χ0n) is 12.8. The lowest BCUT2D eigenvalue weighted by atomic mass is 9.98. The van der Waals surface area contributed by atoms with Crippen LogP contribution in [0.1, 0.15) is 47.8 Å². The van der Waals surface area contributed by atoms with Gasteiger partial charge in [-0.3, -0.25) is 0 Å². The molecule has 6 heteroatoms. The largest absolute Gasteiger partial charge is 0.478 e. The summed E-state index contributed by atoms with van der Waals surface area (Å²) in [7, 11) is 0. The van der Waals surface area contributed by atoms with Crippen LogP contribution in [0.5, 0.6) is 0 Å². The Bertz CT molecular complexity index is 547. The molecule has 0 aliphatic heterocycles. The summed E-state index contributed by atoms with van der Waals surface area (Å²) in [5, 5.41) is 11.9. The number of aromatic carboxylic acids is 1. The molecule has 0 spiro atoms. The SMILES string of the molecule is Cc1cc(CN)cc(CNC(=O)OC(C)(C)C)c1C(=O)O. The van der Waals surface area contributed by atoms with Gasteiger partial charge in [0.2, 0.25) is 0 Å². The predicted octanol–water partition coefficient (Wildman–Crippen LogP) is 2.18. The molecule has 4 N–H and O–H groups in total. The number of alkyl carbamates (subject to hydrolysis) is 1. The summed E-state index contributed by atoms with van der Waals surface area (Å²) in [5.41, 5.74) is 7.12. The first-order chi connectivity index (χ1) is 9.64. The minimum atomic E-state index is -1.03. The average molecular weight is 294 g/mol. The van der Waals surface area contributed by atoms with Gasteiger partial charge in [0.25, 0.3) is 0 Å². The van der Waals surface area contributed by atoms with Crippen molar-refractivity contribution in [1.29, 1.82) is 0 Å². The molecule has 0 unspecified atom stereocenters. The van der Waals surface area contributed by atoms with Gasteiger partial charge in [-0.25, -0.2) is 9.59 Å². The molecular weight excluding hydrogens is 272 g/mol. The first-order valence-corrected chi connectivity index (χ1v) is 6.66. The zero-order valence-corrected chi connectivity index (χ0v) is 12.8. The molecule has 1 aromatic rings. The molecule has 116 valence electrons. The monoisotopic (exact) mass is 294 g/mol. The molecule has 0 atom stereocenters. The predicted molar refractivity (Wildman–Crippen MR) is 79.1 cm³/mol. The minimum Gasteiger partial charge on any atom is -0.478 e. The van der Waals surface area contributed by atoms with E-state index in [-0.39, 0.29) is 12.1 Å². The second-order valence-electron chi connectivity index (χ2n) is 5.81. The van der Waals surface area contributed by atoms with Gasteiger partial charge in [-0.05, 0) is 44.4 Å². The second-order valence-corrected chi connectivity index (χ2v) is 5.81. The van der Waals surface area contributed by atoms with Crippen LogP contribution in [0.25, 0.3) is 0 Å². The van der Waals surface area contributed by atoms with Crippen LogP contribution in [0.15, 0.2) is 12.1 Å². The smallest absolute Gasteiger partial charge is 0.407 e. The maximum absolute atomic E-state index is 11.6. The molecule has 0 saturated carbocycles. The summed E-state index contributed by atoms with van der Waals surface area (Å²) < 4.78 is 5.12. The summed E-state index contributed by atoms with van der Waals surface area (Å²) in [6.45, 7) is 7.36. The van der Waals surface area contributed by atoms with Crippen LogP contribution in [0.4, 0.5) is 4.79 Å². The summed E-state index contributed by atoms with van der Waals surface area (Å²) in [4.78, 5) is 23.0. The fourth-order valence-corrected chi connectivity index (χ4v) is 1.99. The van der Waals surface area contributed by atoms with E-state index in [0.29, 0.717) is 17.7 Å². The number of benzene rings is 1. The van der Waals surface area contributed by atoms with Crippen molar-refractivity contribution >= 4 is 12.1 Å². The first-order valence-electron chi connectivity index (χ1n) is 6.66. The van der Waals surface area contributed by atoms with Gasteiger partial charge < -0.3 is 20.9 Å². The number of nitrogens with two attached hydrogens (primary N) is 1. The fourth-order valence-electron chi connectivity index (χ4n) is 1.99. The number of carbonyl (C=O) groups excluding carboxylic acids is 1. The van der Waals surface area contributed by atoms with E-state index in [4.69, 9.17) is 10.5 Å². The van der Waals surface area contributed by atoms with Crippen LogP contribution in [0.2, 0.25) is 0 Å². The fraction of sp³-hybridized carbons (Fsp3) is 0.467. The van der Waals surface area contributed by atoms with Gasteiger partial charge in [-0.2, -0.15) is 0 Å². The van der Waals surface area contributed by atoms with Gasteiger partial charge in [-0.15, -0.1) is 0 Å². The molecule has 1 amide bonds. The third kappa shape index (κ3) is 5.07. The molecule has 0 fully saturated rings. The van der Waals surface area contributed by atoms with Gasteiger partial charge in [0.15, 0.2) is 0 Å². The minimum absolute atomic E-state index is 0.0746. The van der Waals surface area contributed by atoms with Crippen molar-refractivity contribution < 1.29 is 19.4 Å². The van der Waals surface area contributed by atoms with Gasteiger partial charge in [0.05, 0.1) is 5.56 Å². The van der Waals surface area contributed by atoms with Crippen molar-refractivity contribution in [1.82, 2.24) is 5.32 Å². The maximum Gasteiger partial charge on any atom is 0.407 e. The number of aryl methyl sites for hydroxylation is 1. The number of nitrogens with one attached hydrogen (secondary N) is 1. The topological polar surface area (TPSA) is 102 Å². The van der Waals surface area contributed by atoms with Gasteiger partial charge in [-0.1, -0.05) is 12.1 Å². The van der Waals surface area contributed by atoms with Crippen molar-refractivity contribution in [3.8, 4) is 0 Å². The van der Waals surface area contributed by atoms with Crippen LogP contribution in [-0.2, 0) is 17.8 Å². The normalized spacial score (nSPS) is 11.1. The quantitative estimate of drug-likeness (QED) is 0.790. The maximum atomic E-state index is 11.6. The summed E-state index contributed by atoms with van der Waals surface area (Å²) in [5.74, 6) is -1.03. The van der Waals surface area contributed by atoms with Crippen molar-refractivity contribution in [2.75, 3.05) is 0 Å². The molecule has 0 bridgehead atoms. The lowest BCUT2D eigenvalue weighted by Crippen LogP contribution is -2.32. The van der Waals surface area contributed by atoms with E-state index in [1.807, 2.05) is 0 Å². The van der Waals surface area contributed by atoms with Crippen LogP contribution in [-0.4, -0.2) is 22.8 Å². The Morgan fingerprint density at radius 1 is 1.33 bits per heavy atom. The van der Waals surface area contributed by atoms with Gasteiger partial charge >= 0.3 is 12.1 Å². The molecule has 1 rings (SSSR count).